The van der Waals surface area contributed by atoms with E-state index in [1.54, 1.807) is 5.57 Å². The number of fused-ring (bicyclic) bond motifs is 10. The Hall–Kier alpha value is -1.08. The van der Waals surface area contributed by atoms with Gasteiger partial charge in [-0.15, -0.1) is 6.58 Å². The molecule has 0 radical (unpaired) electrons. The minimum atomic E-state index is -0.315. The maximum atomic E-state index is 10.4. The van der Waals surface area contributed by atoms with E-state index in [4.69, 9.17) is 0 Å². The van der Waals surface area contributed by atoms with Crippen LogP contribution in [0.5, 0.6) is 0 Å². The van der Waals surface area contributed by atoms with Crippen LogP contribution in [-0.4, -0.2) is 11.2 Å². The number of hydrogen-bond acceptors (Lipinski definition) is 1. The van der Waals surface area contributed by atoms with Gasteiger partial charge in [0, 0.05) is 0 Å². The number of rotatable bonds is 15. The summed E-state index contributed by atoms with van der Waals surface area (Å²) in [5.74, 6) is 12.7. The Balaban J connectivity index is 0.000000235. The molecule has 17 unspecified atom stereocenters. The third kappa shape index (κ3) is 13.5. The summed E-state index contributed by atoms with van der Waals surface area (Å²) in [5, 5.41) is 10.4. The first-order valence-electron chi connectivity index (χ1n) is 31.4. The van der Waals surface area contributed by atoms with Crippen LogP contribution in [0.25, 0.3) is 0 Å². The standard InChI is InChI=1S/C32H54O.C31H52.2C3H8/c1-21(2)9-8-10-23(5)27-13-14-28-26-12-11-25-19-24(20-30(33)22(3)4)15-17-31(25,6)29(26)16-18-32(27,28)7;1-21(2)9-8-10-23(5)27-13-14-28-26-12-11-25-20-24(19-22(3)4)15-17-30(25,6)29(26)16-18-31(27,28)7;2*1-3-2/h11,21,23-24,26-30,33H,3,8-10,12-20H2,1-2,4-7H3;11,21,23-24,26-29H,3,8-10,12-20H2,1-2,4-7H3;2*3H2,1-2H3. The summed E-state index contributed by atoms with van der Waals surface area (Å²) in [6, 6.07) is 0. The number of allylic oxidation sites excluding steroid dienone is 5. The van der Waals surface area contributed by atoms with E-state index in [9.17, 15) is 5.11 Å². The fourth-order valence-corrected chi connectivity index (χ4v) is 18.9. The molecule has 0 aromatic heterocycles. The summed E-state index contributed by atoms with van der Waals surface area (Å²) in [6.07, 6.45) is 41.2. The first kappa shape index (κ1) is 59.8. The van der Waals surface area contributed by atoms with Crippen LogP contribution in [0.2, 0.25) is 0 Å². The van der Waals surface area contributed by atoms with Crippen molar-refractivity contribution in [2.24, 2.45) is 105 Å². The minimum absolute atomic E-state index is 0.315. The predicted molar refractivity (Wildman–Crippen MR) is 310 cm³/mol. The van der Waals surface area contributed by atoms with E-state index in [2.05, 4.69) is 129 Å². The number of aliphatic hydroxyl groups is 1. The molecular formula is C69H122O. The van der Waals surface area contributed by atoms with E-state index in [-0.39, 0.29) is 6.10 Å². The van der Waals surface area contributed by atoms with Crippen molar-refractivity contribution in [3.63, 3.8) is 0 Å². The molecule has 1 N–H and O–H groups in total. The lowest BCUT2D eigenvalue weighted by molar-refractivity contribution is -0.0536. The van der Waals surface area contributed by atoms with Gasteiger partial charge in [-0.25, -0.2) is 0 Å². The summed E-state index contributed by atoms with van der Waals surface area (Å²) in [6.45, 7) is 46.4. The van der Waals surface area contributed by atoms with Crippen molar-refractivity contribution in [3.05, 3.63) is 47.6 Å². The Kier molecular flexibility index (Phi) is 22.3. The largest absolute Gasteiger partial charge is 0.389 e. The van der Waals surface area contributed by atoms with Gasteiger partial charge in [-0.05, 0) is 234 Å². The molecule has 1 nitrogen and oxygen atoms in total. The van der Waals surface area contributed by atoms with Gasteiger partial charge in [-0.1, -0.05) is 189 Å². The molecule has 0 saturated heterocycles. The zero-order valence-electron chi connectivity index (χ0n) is 50.1. The smallest absolute Gasteiger partial charge is 0.0747 e. The first-order chi connectivity index (χ1) is 33.0. The molecule has 0 spiro atoms. The molecular weight excluding hydrogens is 845 g/mol. The summed E-state index contributed by atoms with van der Waals surface area (Å²) < 4.78 is 0. The van der Waals surface area contributed by atoms with Gasteiger partial charge < -0.3 is 5.11 Å². The molecule has 8 aliphatic carbocycles. The van der Waals surface area contributed by atoms with E-state index < -0.39 is 0 Å². The summed E-state index contributed by atoms with van der Waals surface area (Å²) in [5.41, 5.74) is 8.07. The second kappa shape index (κ2) is 26.1. The van der Waals surface area contributed by atoms with Crippen molar-refractivity contribution in [3.8, 4) is 0 Å². The van der Waals surface area contributed by atoms with Crippen molar-refractivity contribution in [2.45, 2.75) is 284 Å². The van der Waals surface area contributed by atoms with Crippen LogP contribution in [0.4, 0.5) is 0 Å². The van der Waals surface area contributed by atoms with Crippen LogP contribution in [0, 0.1) is 105 Å². The van der Waals surface area contributed by atoms with Gasteiger partial charge in [0.05, 0.1) is 6.10 Å². The van der Waals surface area contributed by atoms with Gasteiger partial charge in [0.2, 0.25) is 0 Å². The Morgan fingerprint density at radius 2 is 0.957 bits per heavy atom. The van der Waals surface area contributed by atoms with E-state index in [1.807, 2.05) is 12.5 Å². The third-order valence-corrected chi connectivity index (χ3v) is 22.6. The molecule has 0 aliphatic heterocycles. The molecule has 0 aromatic rings. The second-order valence-corrected chi connectivity index (χ2v) is 29.0. The van der Waals surface area contributed by atoms with E-state index in [0.717, 1.165) is 88.9 Å². The molecule has 70 heavy (non-hydrogen) atoms. The zero-order valence-corrected chi connectivity index (χ0v) is 50.1. The van der Waals surface area contributed by atoms with Gasteiger partial charge >= 0.3 is 0 Å². The number of aliphatic hydroxyl groups excluding tert-OH is 1. The summed E-state index contributed by atoms with van der Waals surface area (Å²) >= 11 is 0. The number of hydrogen-bond donors (Lipinski definition) is 1. The third-order valence-electron chi connectivity index (χ3n) is 22.6. The van der Waals surface area contributed by atoms with Crippen LogP contribution in [0.15, 0.2) is 47.6 Å². The zero-order chi connectivity index (χ0) is 51.8. The topological polar surface area (TPSA) is 20.2 Å². The van der Waals surface area contributed by atoms with Crippen molar-refractivity contribution in [1.29, 1.82) is 0 Å². The molecule has 0 aromatic carbocycles. The Bertz CT molecular complexity index is 1690. The van der Waals surface area contributed by atoms with Gasteiger partial charge in [-0.2, -0.15) is 0 Å². The SMILES string of the molecule is C=C(C)C(O)CC1CCC2(C)C(=CCC3C2CCC2(C)C(C(C)CCCC(C)C)CCC32)C1.C=C(C)CC1CCC2(C)C(=CCC3C2CCC2(C)C(C(C)CCCC(C)C)CCC32)C1.CCC.CCC. The fraction of sp³-hybridized carbons (Fsp3) is 0.884. The van der Waals surface area contributed by atoms with Gasteiger partial charge in [-0.3, -0.25) is 0 Å². The maximum Gasteiger partial charge on any atom is 0.0747 e. The molecule has 8 rings (SSSR count). The van der Waals surface area contributed by atoms with Crippen LogP contribution in [0.3, 0.4) is 0 Å². The minimum Gasteiger partial charge on any atom is -0.389 e. The highest BCUT2D eigenvalue weighted by Gasteiger charge is 2.61. The van der Waals surface area contributed by atoms with Crippen molar-refractivity contribution < 1.29 is 5.11 Å². The van der Waals surface area contributed by atoms with Crippen LogP contribution in [-0.2, 0) is 0 Å². The molecule has 6 fully saturated rings. The fourth-order valence-electron chi connectivity index (χ4n) is 18.9. The van der Waals surface area contributed by atoms with Crippen LogP contribution >= 0.6 is 0 Å². The van der Waals surface area contributed by atoms with Crippen molar-refractivity contribution in [1.82, 2.24) is 0 Å². The Morgan fingerprint density at radius 3 is 1.34 bits per heavy atom. The van der Waals surface area contributed by atoms with Gasteiger partial charge in [0.1, 0.15) is 0 Å². The molecule has 8 aliphatic rings. The Morgan fingerprint density at radius 1 is 0.557 bits per heavy atom. The van der Waals surface area contributed by atoms with E-state index in [1.165, 1.54) is 166 Å². The predicted octanol–water partition coefficient (Wildman–Crippen LogP) is 21.4. The average Bonchev–Trinajstić information content (AvgIpc) is 3.84. The molecule has 404 valence electrons. The highest BCUT2D eigenvalue weighted by atomic mass is 16.3. The van der Waals surface area contributed by atoms with Crippen LogP contribution in [0.1, 0.15) is 278 Å². The highest BCUT2D eigenvalue weighted by Crippen LogP contribution is 2.69. The molecule has 17 atom stereocenters. The lowest BCUT2D eigenvalue weighted by Crippen LogP contribution is -2.50. The van der Waals surface area contributed by atoms with E-state index in [0.29, 0.717) is 27.6 Å². The Labute approximate surface area is 439 Å². The quantitative estimate of drug-likeness (QED) is 0.162. The van der Waals surface area contributed by atoms with Crippen LogP contribution < -0.4 is 0 Å². The second-order valence-electron chi connectivity index (χ2n) is 29.0. The van der Waals surface area contributed by atoms with Gasteiger partial charge in [0.15, 0.2) is 0 Å². The van der Waals surface area contributed by atoms with Crippen molar-refractivity contribution in [2.75, 3.05) is 0 Å². The van der Waals surface area contributed by atoms with Crippen molar-refractivity contribution >= 4 is 0 Å². The average molecular weight is 968 g/mol. The molecule has 0 heterocycles. The lowest BCUT2D eigenvalue weighted by Gasteiger charge is -2.58. The summed E-state index contributed by atoms with van der Waals surface area (Å²) in [7, 11) is 0. The molecule has 6 saturated carbocycles. The maximum absolute atomic E-state index is 10.4. The lowest BCUT2D eigenvalue weighted by atomic mass is 9.46. The highest BCUT2D eigenvalue weighted by molar-refractivity contribution is 5.27. The monoisotopic (exact) mass is 967 g/mol. The molecule has 1 heteroatoms. The van der Waals surface area contributed by atoms with E-state index >= 15 is 0 Å². The molecule has 0 bridgehead atoms. The van der Waals surface area contributed by atoms with Gasteiger partial charge in [0.25, 0.3) is 0 Å². The first-order valence-corrected chi connectivity index (χ1v) is 31.4. The molecule has 0 amide bonds. The normalized spacial score (nSPS) is 39.5. The summed E-state index contributed by atoms with van der Waals surface area (Å²) in [4.78, 5) is 0.